The Kier molecular flexibility index (Phi) is 7.70. The SMILES string of the molecule is CCOc1cc(/C=C2/SC(=O)N(CC(=O)c3ccc(Br)cc3)C2=O)ccc1OCC(=O)O. The van der Waals surface area contributed by atoms with Gasteiger partial charge in [-0.2, -0.15) is 0 Å². The van der Waals surface area contributed by atoms with E-state index >= 15 is 0 Å². The minimum atomic E-state index is -1.12. The van der Waals surface area contributed by atoms with Crippen LogP contribution in [0.5, 0.6) is 11.5 Å². The zero-order valence-electron chi connectivity index (χ0n) is 16.9. The highest BCUT2D eigenvalue weighted by atomic mass is 79.9. The molecule has 1 N–H and O–H groups in total. The van der Waals surface area contributed by atoms with Gasteiger partial charge in [-0.05, 0) is 54.6 Å². The Hall–Kier alpha value is -3.11. The largest absolute Gasteiger partial charge is 0.490 e. The van der Waals surface area contributed by atoms with Crippen molar-refractivity contribution < 1.29 is 33.8 Å². The smallest absolute Gasteiger partial charge is 0.341 e. The molecule has 8 nitrogen and oxygen atoms in total. The lowest BCUT2D eigenvalue weighted by Gasteiger charge is -2.12. The molecule has 1 heterocycles. The molecule has 1 aliphatic heterocycles. The molecule has 2 amide bonds. The number of imide groups is 1. The first-order valence-corrected chi connectivity index (χ1v) is 11.0. The van der Waals surface area contributed by atoms with Crippen LogP contribution in [0.15, 0.2) is 51.8 Å². The summed E-state index contributed by atoms with van der Waals surface area (Å²) in [5.74, 6) is -1.47. The number of hydrogen-bond donors (Lipinski definition) is 1. The molecule has 2 aromatic carbocycles. The van der Waals surface area contributed by atoms with Crippen molar-refractivity contribution in [1.82, 2.24) is 4.90 Å². The number of Topliss-reactive ketones (excluding diaryl/α,β-unsaturated/α-hetero) is 1. The molecule has 0 radical (unpaired) electrons. The molecule has 0 aliphatic carbocycles. The third kappa shape index (κ3) is 5.77. The molecule has 1 fully saturated rings. The predicted molar refractivity (Wildman–Crippen MR) is 122 cm³/mol. The second kappa shape index (κ2) is 10.5. The van der Waals surface area contributed by atoms with E-state index in [1.54, 1.807) is 43.3 Å². The van der Waals surface area contributed by atoms with E-state index in [0.29, 0.717) is 23.5 Å². The first-order chi connectivity index (χ1) is 15.3. The van der Waals surface area contributed by atoms with Gasteiger partial charge in [0.25, 0.3) is 11.1 Å². The average Bonchev–Trinajstić information content (AvgIpc) is 3.01. The summed E-state index contributed by atoms with van der Waals surface area (Å²) < 4.78 is 11.5. The Labute approximate surface area is 196 Å². The number of carbonyl (C=O) groups is 4. The third-order valence-electron chi connectivity index (χ3n) is 4.26. The van der Waals surface area contributed by atoms with Gasteiger partial charge in [-0.3, -0.25) is 19.3 Å². The summed E-state index contributed by atoms with van der Waals surface area (Å²) in [7, 11) is 0. The maximum atomic E-state index is 12.7. The highest BCUT2D eigenvalue weighted by Gasteiger charge is 2.36. The zero-order valence-corrected chi connectivity index (χ0v) is 19.3. The number of benzene rings is 2. The summed E-state index contributed by atoms with van der Waals surface area (Å²) in [5, 5.41) is 8.26. The lowest BCUT2D eigenvalue weighted by atomic mass is 10.1. The molecule has 0 unspecified atom stereocenters. The number of aliphatic carboxylic acids is 1. The molecular weight excluding hydrogens is 502 g/mol. The molecule has 0 saturated carbocycles. The number of carbonyl (C=O) groups excluding carboxylic acids is 3. The molecule has 0 bridgehead atoms. The first kappa shape index (κ1) is 23.6. The topological polar surface area (TPSA) is 110 Å². The number of nitrogens with zero attached hydrogens (tertiary/aromatic N) is 1. The Morgan fingerprint density at radius 1 is 1.09 bits per heavy atom. The number of halogens is 1. The molecular formula is C22H18BrNO7S. The molecule has 2 aromatic rings. The highest BCUT2D eigenvalue weighted by molar-refractivity contribution is 9.10. The van der Waals surface area contributed by atoms with Crippen molar-refractivity contribution in [3.05, 3.63) is 63.0 Å². The van der Waals surface area contributed by atoms with Gasteiger partial charge in [0.1, 0.15) is 0 Å². The monoisotopic (exact) mass is 519 g/mol. The number of ketones is 1. The number of carboxylic acids is 1. The number of thioether (sulfide) groups is 1. The van der Waals surface area contributed by atoms with E-state index in [2.05, 4.69) is 15.9 Å². The number of amides is 2. The number of carboxylic acid groups (broad SMARTS) is 1. The van der Waals surface area contributed by atoms with Crippen LogP contribution in [0.3, 0.4) is 0 Å². The van der Waals surface area contributed by atoms with E-state index in [9.17, 15) is 19.2 Å². The van der Waals surface area contributed by atoms with Crippen LogP contribution in [0, 0.1) is 0 Å². The van der Waals surface area contributed by atoms with Crippen LogP contribution in [0.4, 0.5) is 4.79 Å². The maximum absolute atomic E-state index is 12.7. The highest BCUT2D eigenvalue weighted by Crippen LogP contribution is 2.34. The number of ether oxygens (including phenoxy) is 2. The summed E-state index contributed by atoms with van der Waals surface area (Å²) >= 11 is 4.03. The molecule has 0 atom stereocenters. The molecule has 32 heavy (non-hydrogen) atoms. The summed E-state index contributed by atoms with van der Waals surface area (Å²) in [5.41, 5.74) is 0.954. The summed E-state index contributed by atoms with van der Waals surface area (Å²) in [6.45, 7) is 1.21. The van der Waals surface area contributed by atoms with Gasteiger partial charge in [0.15, 0.2) is 23.9 Å². The van der Waals surface area contributed by atoms with Gasteiger partial charge in [0, 0.05) is 10.0 Å². The molecule has 166 valence electrons. The molecule has 0 aromatic heterocycles. The fourth-order valence-corrected chi connectivity index (χ4v) is 3.90. The molecule has 0 spiro atoms. The molecule has 1 saturated heterocycles. The van der Waals surface area contributed by atoms with Gasteiger partial charge in [0.05, 0.1) is 18.1 Å². The van der Waals surface area contributed by atoms with Crippen molar-refractivity contribution in [3.8, 4) is 11.5 Å². The summed E-state index contributed by atoms with van der Waals surface area (Å²) in [4.78, 5) is 49.4. The molecule has 10 heteroatoms. The van der Waals surface area contributed by atoms with Crippen LogP contribution in [0.25, 0.3) is 6.08 Å². The van der Waals surface area contributed by atoms with Crippen LogP contribution in [-0.4, -0.2) is 52.7 Å². The Morgan fingerprint density at radius 2 is 1.81 bits per heavy atom. The zero-order chi connectivity index (χ0) is 23.3. The van der Waals surface area contributed by atoms with Crippen molar-refractivity contribution in [3.63, 3.8) is 0 Å². The minimum Gasteiger partial charge on any atom is -0.490 e. The standard InChI is InChI=1S/C22H18BrNO7S/c1-2-30-18-9-13(3-8-17(18)31-12-20(26)27)10-19-21(28)24(22(29)32-19)11-16(25)14-4-6-15(23)7-5-14/h3-10H,2,11-12H2,1H3,(H,26,27)/b19-10+. The van der Waals surface area contributed by atoms with E-state index in [0.717, 1.165) is 21.1 Å². The van der Waals surface area contributed by atoms with Crippen LogP contribution < -0.4 is 9.47 Å². The van der Waals surface area contributed by atoms with Gasteiger partial charge in [0.2, 0.25) is 0 Å². The van der Waals surface area contributed by atoms with Crippen molar-refractivity contribution >= 4 is 56.7 Å². The van der Waals surface area contributed by atoms with E-state index in [4.69, 9.17) is 14.6 Å². The molecule has 3 rings (SSSR count). The Balaban J connectivity index is 1.77. The number of hydrogen-bond acceptors (Lipinski definition) is 7. The van der Waals surface area contributed by atoms with Crippen molar-refractivity contribution in [2.75, 3.05) is 19.8 Å². The molecule has 1 aliphatic rings. The Morgan fingerprint density at radius 3 is 2.47 bits per heavy atom. The van der Waals surface area contributed by atoms with Crippen molar-refractivity contribution in [2.45, 2.75) is 6.92 Å². The van der Waals surface area contributed by atoms with Gasteiger partial charge >= 0.3 is 5.97 Å². The fraction of sp³-hybridized carbons (Fsp3) is 0.182. The second-order valence-electron chi connectivity index (χ2n) is 6.52. The van der Waals surface area contributed by atoms with E-state index in [1.807, 2.05) is 0 Å². The quantitative estimate of drug-likeness (QED) is 0.387. The van der Waals surface area contributed by atoms with Crippen LogP contribution in [0.1, 0.15) is 22.8 Å². The maximum Gasteiger partial charge on any atom is 0.341 e. The van der Waals surface area contributed by atoms with Gasteiger partial charge in [-0.15, -0.1) is 0 Å². The third-order valence-corrected chi connectivity index (χ3v) is 5.69. The second-order valence-corrected chi connectivity index (χ2v) is 8.43. The van der Waals surface area contributed by atoms with Crippen molar-refractivity contribution in [2.24, 2.45) is 0 Å². The number of rotatable bonds is 9. The Bertz CT molecular complexity index is 1100. The lowest BCUT2D eigenvalue weighted by molar-refractivity contribution is -0.139. The van der Waals surface area contributed by atoms with Crippen molar-refractivity contribution in [1.29, 1.82) is 0 Å². The van der Waals surface area contributed by atoms with E-state index in [-0.39, 0.29) is 23.0 Å². The van der Waals surface area contributed by atoms with E-state index in [1.165, 1.54) is 12.1 Å². The van der Waals surface area contributed by atoms with Gasteiger partial charge in [-0.1, -0.05) is 34.1 Å². The van der Waals surface area contributed by atoms with Gasteiger partial charge < -0.3 is 14.6 Å². The predicted octanol–water partition coefficient (Wildman–Crippen LogP) is 4.23. The van der Waals surface area contributed by atoms with Crippen LogP contribution in [-0.2, 0) is 9.59 Å². The normalized spacial score (nSPS) is 14.7. The van der Waals surface area contributed by atoms with Crippen LogP contribution in [0.2, 0.25) is 0 Å². The van der Waals surface area contributed by atoms with E-state index < -0.39 is 23.7 Å². The van der Waals surface area contributed by atoms with Gasteiger partial charge in [-0.25, -0.2) is 4.79 Å². The summed E-state index contributed by atoms with van der Waals surface area (Å²) in [6.07, 6.45) is 1.51. The van der Waals surface area contributed by atoms with Crippen LogP contribution >= 0.6 is 27.7 Å². The lowest BCUT2D eigenvalue weighted by Crippen LogP contribution is -2.33. The minimum absolute atomic E-state index is 0.167. The average molecular weight is 520 g/mol. The summed E-state index contributed by atoms with van der Waals surface area (Å²) in [6, 6.07) is 11.4. The first-order valence-electron chi connectivity index (χ1n) is 9.44. The fourth-order valence-electron chi connectivity index (χ4n) is 2.80.